The second kappa shape index (κ2) is 13.1. The van der Waals surface area contributed by atoms with Crippen LogP contribution in [0.5, 0.6) is 11.5 Å². The Balaban J connectivity index is 2.66. The molecule has 0 bridgehead atoms. The van der Waals surface area contributed by atoms with E-state index in [1.165, 1.54) is 38.5 Å². The molecule has 0 spiro atoms. The Morgan fingerprint density at radius 2 is 1.33 bits per heavy atom. The van der Waals surface area contributed by atoms with Crippen molar-refractivity contribution in [1.29, 1.82) is 0 Å². The second-order valence-corrected chi connectivity index (χ2v) is 6.33. The van der Waals surface area contributed by atoms with E-state index >= 15 is 0 Å². The summed E-state index contributed by atoms with van der Waals surface area (Å²) in [5, 5.41) is 0. The number of rotatable bonds is 14. The van der Waals surface area contributed by atoms with E-state index < -0.39 is 0 Å². The van der Waals surface area contributed by atoms with Crippen molar-refractivity contribution in [3.05, 3.63) is 23.8 Å². The van der Waals surface area contributed by atoms with E-state index in [4.69, 9.17) is 20.9 Å². The zero-order valence-electron chi connectivity index (χ0n) is 15.6. The van der Waals surface area contributed by atoms with Crippen LogP contribution in [0, 0.1) is 0 Å². The molecule has 4 N–H and O–H groups in total. The fourth-order valence-corrected chi connectivity index (χ4v) is 2.68. The highest BCUT2D eigenvalue weighted by molar-refractivity contribution is 5.47. The van der Waals surface area contributed by atoms with Gasteiger partial charge in [0.15, 0.2) is 0 Å². The van der Waals surface area contributed by atoms with Crippen molar-refractivity contribution in [2.24, 2.45) is 11.5 Å². The van der Waals surface area contributed by atoms with Gasteiger partial charge in [-0.1, -0.05) is 58.4 Å². The van der Waals surface area contributed by atoms with Crippen LogP contribution in [0.25, 0.3) is 0 Å². The molecule has 0 saturated heterocycles. The number of unbranched alkanes of at least 4 members (excludes halogenated alkanes) is 6. The minimum Gasteiger partial charge on any atom is -0.493 e. The summed E-state index contributed by atoms with van der Waals surface area (Å²) >= 11 is 0. The molecule has 0 fully saturated rings. The maximum Gasteiger partial charge on any atom is 0.127 e. The van der Waals surface area contributed by atoms with Crippen molar-refractivity contribution in [3.8, 4) is 11.5 Å². The Kier molecular flexibility index (Phi) is 11.3. The normalized spacial score (nSPS) is 12.2. The number of ether oxygens (including phenoxy) is 2. The van der Waals surface area contributed by atoms with E-state index in [0.717, 1.165) is 29.9 Å². The van der Waals surface area contributed by atoms with Crippen LogP contribution in [0.2, 0.25) is 0 Å². The first-order valence-corrected chi connectivity index (χ1v) is 9.58. The summed E-state index contributed by atoms with van der Waals surface area (Å²) < 4.78 is 12.0. The van der Waals surface area contributed by atoms with Gasteiger partial charge in [-0.15, -0.1) is 0 Å². The first-order valence-electron chi connectivity index (χ1n) is 9.58. The summed E-state index contributed by atoms with van der Waals surface area (Å²) in [5.41, 5.74) is 12.9. The van der Waals surface area contributed by atoms with E-state index in [2.05, 4.69) is 13.8 Å². The Bertz CT molecular complexity index is 405. The van der Waals surface area contributed by atoms with Crippen molar-refractivity contribution >= 4 is 0 Å². The maximum absolute atomic E-state index is 6.21. The molecule has 24 heavy (non-hydrogen) atoms. The molecule has 0 aromatic heterocycles. The van der Waals surface area contributed by atoms with Crippen molar-refractivity contribution in [2.45, 2.75) is 71.3 Å². The Hall–Kier alpha value is -1.26. The fraction of sp³-hybridized carbons (Fsp3) is 0.700. The third-order valence-electron chi connectivity index (χ3n) is 4.16. The van der Waals surface area contributed by atoms with Gasteiger partial charge in [0.25, 0.3) is 0 Å². The van der Waals surface area contributed by atoms with Gasteiger partial charge in [-0.25, -0.2) is 0 Å². The molecule has 0 amide bonds. The topological polar surface area (TPSA) is 70.5 Å². The van der Waals surface area contributed by atoms with E-state index in [1.807, 2.05) is 18.2 Å². The van der Waals surface area contributed by atoms with Crippen LogP contribution in [0.1, 0.15) is 76.8 Å². The Labute approximate surface area is 147 Å². The van der Waals surface area contributed by atoms with E-state index in [1.54, 1.807) is 0 Å². The van der Waals surface area contributed by atoms with Gasteiger partial charge >= 0.3 is 0 Å². The van der Waals surface area contributed by atoms with Gasteiger partial charge in [-0.3, -0.25) is 0 Å². The van der Waals surface area contributed by atoms with Crippen LogP contribution in [0.4, 0.5) is 0 Å². The monoisotopic (exact) mass is 336 g/mol. The van der Waals surface area contributed by atoms with Gasteiger partial charge in [0.2, 0.25) is 0 Å². The third-order valence-corrected chi connectivity index (χ3v) is 4.16. The molecule has 0 radical (unpaired) electrons. The fourth-order valence-electron chi connectivity index (χ4n) is 2.68. The predicted molar refractivity (Wildman–Crippen MR) is 102 cm³/mol. The van der Waals surface area contributed by atoms with E-state index in [9.17, 15) is 0 Å². The Morgan fingerprint density at radius 1 is 0.833 bits per heavy atom. The molecule has 1 aromatic carbocycles. The van der Waals surface area contributed by atoms with Crippen LogP contribution in [-0.4, -0.2) is 19.8 Å². The zero-order valence-corrected chi connectivity index (χ0v) is 15.6. The smallest absolute Gasteiger partial charge is 0.127 e. The molecule has 4 nitrogen and oxygen atoms in total. The van der Waals surface area contributed by atoms with E-state index in [0.29, 0.717) is 19.8 Å². The summed E-state index contributed by atoms with van der Waals surface area (Å²) in [4.78, 5) is 0. The van der Waals surface area contributed by atoms with Crippen LogP contribution >= 0.6 is 0 Å². The molecular formula is C20H36N2O2. The molecule has 0 saturated carbocycles. The highest BCUT2D eigenvalue weighted by Gasteiger charge is 2.17. The average Bonchev–Trinajstić information content (AvgIpc) is 2.61. The third kappa shape index (κ3) is 7.54. The van der Waals surface area contributed by atoms with Gasteiger partial charge in [-0.05, 0) is 25.0 Å². The number of benzene rings is 1. The molecule has 0 aliphatic heterocycles. The molecule has 1 rings (SSSR count). The minimum atomic E-state index is -0.262. The zero-order chi connectivity index (χ0) is 17.6. The minimum absolute atomic E-state index is 0.262. The highest BCUT2D eigenvalue weighted by atomic mass is 16.5. The van der Waals surface area contributed by atoms with Crippen molar-refractivity contribution < 1.29 is 9.47 Å². The SMILES string of the molecule is CCCCCCOc1cccc(OCCCCCC)c1C(N)CN. The average molecular weight is 337 g/mol. The van der Waals surface area contributed by atoms with Gasteiger partial charge in [0.05, 0.1) is 18.8 Å². The maximum atomic E-state index is 6.21. The van der Waals surface area contributed by atoms with Crippen LogP contribution < -0.4 is 20.9 Å². The number of hydrogen-bond donors (Lipinski definition) is 2. The molecule has 0 heterocycles. The van der Waals surface area contributed by atoms with Gasteiger partial charge < -0.3 is 20.9 Å². The summed E-state index contributed by atoms with van der Waals surface area (Å²) in [6, 6.07) is 5.64. The molecule has 0 aliphatic rings. The van der Waals surface area contributed by atoms with Crippen molar-refractivity contribution in [2.75, 3.05) is 19.8 Å². The quantitative estimate of drug-likeness (QED) is 0.488. The van der Waals surface area contributed by atoms with E-state index in [-0.39, 0.29) is 6.04 Å². The molecule has 138 valence electrons. The molecule has 0 aliphatic carbocycles. The molecule has 1 atom stereocenters. The molecular weight excluding hydrogens is 300 g/mol. The van der Waals surface area contributed by atoms with Gasteiger partial charge in [-0.2, -0.15) is 0 Å². The summed E-state index contributed by atoms with van der Waals surface area (Å²) in [5.74, 6) is 1.63. The highest BCUT2D eigenvalue weighted by Crippen LogP contribution is 2.33. The first kappa shape index (κ1) is 20.8. The standard InChI is InChI=1S/C20H36N2O2/c1-3-5-7-9-14-23-18-12-11-13-19(20(18)17(22)16-21)24-15-10-8-6-4-2/h11-13,17H,3-10,14-16,21-22H2,1-2H3. The number of nitrogens with two attached hydrogens (primary N) is 2. The molecule has 1 aromatic rings. The second-order valence-electron chi connectivity index (χ2n) is 6.33. The number of hydrogen-bond acceptors (Lipinski definition) is 4. The van der Waals surface area contributed by atoms with Crippen LogP contribution in [0.15, 0.2) is 18.2 Å². The lowest BCUT2D eigenvalue weighted by Crippen LogP contribution is -2.22. The summed E-state index contributed by atoms with van der Waals surface area (Å²) in [6.07, 6.45) is 9.47. The largest absolute Gasteiger partial charge is 0.493 e. The lowest BCUT2D eigenvalue weighted by molar-refractivity contribution is 0.282. The van der Waals surface area contributed by atoms with Crippen LogP contribution in [-0.2, 0) is 0 Å². The lowest BCUT2D eigenvalue weighted by Gasteiger charge is -2.20. The molecule has 1 unspecified atom stereocenters. The van der Waals surface area contributed by atoms with Crippen LogP contribution in [0.3, 0.4) is 0 Å². The molecule has 4 heteroatoms. The van der Waals surface area contributed by atoms with Gasteiger partial charge in [0.1, 0.15) is 11.5 Å². The summed E-state index contributed by atoms with van der Waals surface area (Å²) in [7, 11) is 0. The van der Waals surface area contributed by atoms with Crippen molar-refractivity contribution in [1.82, 2.24) is 0 Å². The Morgan fingerprint density at radius 3 is 1.75 bits per heavy atom. The van der Waals surface area contributed by atoms with Gasteiger partial charge in [0, 0.05) is 12.6 Å². The first-order chi connectivity index (χ1) is 11.7. The van der Waals surface area contributed by atoms with Crippen molar-refractivity contribution in [3.63, 3.8) is 0 Å². The summed E-state index contributed by atoms with van der Waals surface area (Å²) in [6.45, 7) is 6.22. The lowest BCUT2D eigenvalue weighted by atomic mass is 10.1. The predicted octanol–water partition coefficient (Wildman–Crippen LogP) is 4.56.